The molecule has 0 saturated heterocycles. The molecule has 1 saturated carbocycles. The number of aromatic amines is 1. The van der Waals surface area contributed by atoms with Crippen LogP contribution in [-0.2, 0) is 18.3 Å². The minimum absolute atomic E-state index is 0.167. The van der Waals surface area contributed by atoms with Crippen LogP contribution in [0, 0.1) is 13.8 Å². The summed E-state index contributed by atoms with van der Waals surface area (Å²) in [7, 11) is 5.70. The van der Waals surface area contributed by atoms with Crippen molar-refractivity contribution in [2.24, 2.45) is 7.05 Å². The molecule has 1 aliphatic carbocycles. The number of aryl methyl sites for hydroxylation is 1. The number of amides is 1. The summed E-state index contributed by atoms with van der Waals surface area (Å²) in [4.78, 5) is 30.1. The van der Waals surface area contributed by atoms with Gasteiger partial charge in [0, 0.05) is 61.3 Å². The zero-order chi connectivity index (χ0) is 25.7. The molecule has 0 unspecified atom stereocenters. The molecule has 0 radical (unpaired) electrons. The molecule has 1 aliphatic rings. The van der Waals surface area contributed by atoms with Crippen LogP contribution in [0.5, 0.6) is 0 Å². The van der Waals surface area contributed by atoms with Crippen molar-refractivity contribution in [1.29, 1.82) is 0 Å². The molecule has 194 valence electrons. The first-order chi connectivity index (χ1) is 16.7. The van der Waals surface area contributed by atoms with Crippen LogP contribution in [0.4, 0.5) is 5.69 Å². The number of nitrogens with zero attached hydrogens (tertiary/aromatic N) is 3. The molecule has 0 bridgehead atoms. The molecule has 8 nitrogen and oxygen atoms in total. The third kappa shape index (κ3) is 6.29. The average Bonchev–Trinajstić information content (AvgIpc) is 3.09. The molecule has 0 atom stereocenters. The van der Waals surface area contributed by atoms with Gasteiger partial charge < -0.3 is 19.9 Å². The maximum atomic E-state index is 13.1. The van der Waals surface area contributed by atoms with Crippen molar-refractivity contribution in [2.45, 2.75) is 65.1 Å². The van der Waals surface area contributed by atoms with Gasteiger partial charge in [0.05, 0.1) is 18.7 Å². The van der Waals surface area contributed by atoms with Gasteiger partial charge in [0.2, 0.25) is 0 Å². The highest BCUT2D eigenvalue weighted by atomic mass is 35.5. The van der Waals surface area contributed by atoms with Gasteiger partial charge in [0.25, 0.3) is 11.5 Å². The molecule has 0 aliphatic heterocycles. The van der Waals surface area contributed by atoms with Crippen LogP contribution in [0.3, 0.4) is 0 Å². The van der Waals surface area contributed by atoms with E-state index in [1.807, 2.05) is 19.9 Å². The third-order valence-electron chi connectivity index (χ3n) is 7.53. The fourth-order valence-corrected chi connectivity index (χ4v) is 5.41. The highest BCUT2D eigenvalue weighted by Gasteiger charge is 2.29. The summed E-state index contributed by atoms with van der Waals surface area (Å²) < 4.78 is 6.90. The maximum Gasteiger partial charge on any atom is 0.269 e. The predicted octanol–water partition coefficient (Wildman–Crippen LogP) is 3.63. The highest BCUT2D eigenvalue weighted by molar-refractivity contribution is 6.31. The molecule has 1 fully saturated rings. The molecule has 0 spiro atoms. The molecule has 9 heteroatoms. The second-order valence-corrected chi connectivity index (χ2v) is 10.0. The minimum Gasteiger partial charge on any atom is -0.383 e. The molecule has 2 aromatic rings. The summed E-state index contributed by atoms with van der Waals surface area (Å²) in [6.07, 6.45) is 4.47. The monoisotopic (exact) mass is 505 g/mol. The van der Waals surface area contributed by atoms with E-state index in [4.69, 9.17) is 16.3 Å². The molecule has 1 amide bonds. The van der Waals surface area contributed by atoms with E-state index in [0.29, 0.717) is 28.2 Å². The lowest BCUT2D eigenvalue weighted by Crippen LogP contribution is -2.44. The van der Waals surface area contributed by atoms with E-state index < -0.39 is 0 Å². The Hall–Kier alpha value is -2.29. The summed E-state index contributed by atoms with van der Waals surface area (Å²) >= 11 is 6.51. The number of carbonyl (C=O) groups excluding carboxylic acids is 1. The van der Waals surface area contributed by atoms with Gasteiger partial charge >= 0.3 is 0 Å². The number of benzene rings is 1. The van der Waals surface area contributed by atoms with Crippen LogP contribution in [0.1, 0.15) is 59.8 Å². The summed E-state index contributed by atoms with van der Waals surface area (Å²) in [6, 6.07) is 4.67. The molecule has 1 heterocycles. The van der Waals surface area contributed by atoms with E-state index in [0.717, 1.165) is 62.3 Å². The first kappa shape index (κ1) is 27.3. The summed E-state index contributed by atoms with van der Waals surface area (Å²) in [5.41, 5.74) is 3.64. The number of ether oxygens (including phenoxy) is 1. The van der Waals surface area contributed by atoms with E-state index in [2.05, 4.69) is 34.2 Å². The van der Waals surface area contributed by atoms with E-state index in [1.165, 1.54) is 0 Å². The number of aromatic nitrogens is 2. The largest absolute Gasteiger partial charge is 0.383 e. The van der Waals surface area contributed by atoms with Crippen molar-refractivity contribution in [3.05, 3.63) is 49.9 Å². The summed E-state index contributed by atoms with van der Waals surface area (Å²) in [5.74, 6) is -0.228. The van der Waals surface area contributed by atoms with Crippen LogP contribution >= 0.6 is 11.6 Å². The topological polar surface area (TPSA) is 82.6 Å². The van der Waals surface area contributed by atoms with Gasteiger partial charge in [-0.1, -0.05) is 11.6 Å². The molecular weight excluding hydrogens is 466 g/mol. The van der Waals surface area contributed by atoms with Gasteiger partial charge in [-0.2, -0.15) is 0 Å². The fourth-order valence-electron chi connectivity index (χ4n) is 5.20. The Morgan fingerprint density at radius 3 is 2.46 bits per heavy atom. The van der Waals surface area contributed by atoms with Crippen molar-refractivity contribution < 1.29 is 9.53 Å². The highest BCUT2D eigenvalue weighted by Crippen LogP contribution is 2.34. The van der Waals surface area contributed by atoms with Gasteiger partial charge in [0.1, 0.15) is 0 Å². The fraction of sp³-hybridized carbons (Fsp3) is 0.615. The number of likely N-dealkylation sites (N-methyl/N-ethyl adjacent to an activating group) is 1. The number of nitrogens with one attached hydrogen (secondary N) is 2. The van der Waals surface area contributed by atoms with Crippen LogP contribution in [0.25, 0.3) is 0 Å². The quantitative estimate of drug-likeness (QED) is 0.515. The van der Waals surface area contributed by atoms with Crippen LogP contribution in [0.15, 0.2) is 16.9 Å². The van der Waals surface area contributed by atoms with Crippen molar-refractivity contribution >= 4 is 23.2 Å². The van der Waals surface area contributed by atoms with Crippen molar-refractivity contribution in [1.82, 2.24) is 20.0 Å². The van der Waals surface area contributed by atoms with Gasteiger partial charge in [-0.15, -0.1) is 0 Å². The van der Waals surface area contributed by atoms with E-state index in [-0.39, 0.29) is 18.0 Å². The number of H-pyrrole nitrogens is 1. The zero-order valence-corrected chi connectivity index (χ0v) is 22.7. The van der Waals surface area contributed by atoms with Crippen molar-refractivity contribution in [3.63, 3.8) is 0 Å². The number of methoxy groups -OCH3 is 1. The van der Waals surface area contributed by atoms with E-state index >= 15 is 0 Å². The van der Waals surface area contributed by atoms with Crippen molar-refractivity contribution in [3.8, 4) is 0 Å². The Morgan fingerprint density at radius 2 is 1.89 bits per heavy atom. The molecule has 1 aromatic heterocycles. The van der Waals surface area contributed by atoms with Gasteiger partial charge in [-0.3, -0.25) is 19.4 Å². The lowest BCUT2D eigenvalue weighted by molar-refractivity contribution is 0.0950. The van der Waals surface area contributed by atoms with Crippen LogP contribution in [0.2, 0.25) is 5.02 Å². The number of hydrogen-bond donors (Lipinski definition) is 2. The second-order valence-electron chi connectivity index (χ2n) is 9.57. The smallest absolute Gasteiger partial charge is 0.269 e. The number of anilines is 1. The average molecular weight is 506 g/mol. The lowest BCUT2D eigenvalue weighted by Gasteiger charge is -2.41. The maximum absolute atomic E-state index is 13.1. The second kappa shape index (κ2) is 12.1. The Morgan fingerprint density at radius 1 is 1.23 bits per heavy atom. The first-order valence-electron chi connectivity index (χ1n) is 12.5. The number of carbonyl (C=O) groups is 1. The van der Waals surface area contributed by atoms with E-state index in [9.17, 15) is 9.59 Å². The Kier molecular flexibility index (Phi) is 9.44. The van der Waals surface area contributed by atoms with Crippen LogP contribution < -0.4 is 15.8 Å². The lowest BCUT2D eigenvalue weighted by atomic mass is 9.88. The SMILES string of the molecule is CCN(c1cc(Cl)cc(C(=O)NCc2c(C)n(C)[nH]c2=O)c1C)C1CCC(N(C)CCOC)CC1. The van der Waals surface area contributed by atoms with Gasteiger partial charge in [-0.25, -0.2) is 0 Å². The number of hydrogen-bond acceptors (Lipinski definition) is 5. The first-order valence-corrected chi connectivity index (χ1v) is 12.8. The molecule has 2 N–H and O–H groups in total. The van der Waals surface area contributed by atoms with Gasteiger partial charge in [-0.05, 0) is 71.2 Å². The number of rotatable bonds is 10. The molecule has 35 heavy (non-hydrogen) atoms. The normalized spacial score (nSPS) is 18.2. The Balaban J connectivity index is 1.74. The zero-order valence-electron chi connectivity index (χ0n) is 21.9. The summed E-state index contributed by atoms with van der Waals surface area (Å²) in [5, 5.41) is 6.17. The molecule has 1 aromatic carbocycles. The Labute approximate surface area is 213 Å². The third-order valence-corrected chi connectivity index (χ3v) is 7.75. The molecular formula is C26H40ClN5O3. The number of halogens is 1. The van der Waals surface area contributed by atoms with Crippen LogP contribution in [-0.4, -0.2) is 66.5 Å². The predicted molar refractivity (Wildman–Crippen MR) is 142 cm³/mol. The van der Waals surface area contributed by atoms with Gasteiger partial charge in [0.15, 0.2) is 0 Å². The standard InChI is InChI=1S/C26H40ClN5O3/c1-7-32(21-10-8-20(9-11-21)30(4)12-13-35-6)24-15-19(27)14-22(17(24)2)25(33)28-16-23-18(3)31(5)29-26(23)34/h14-15,20-21H,7-13,16H2,1-6H3,(H,28,33)(H,29,34). The minimum atomic E-state index is -0.228. The summed E-state index contributed by atoms with van der Waals surface area (Å²) in [6.45, 7) is 8.70. The van der Waals surface area contributed by atoms with Crippen molar-refractivity contribution in [2.75, 3.05) is 38.8 Å². The van der Waals surface area contributed by atoms with E-state index in [1.54, 1.807) is 24.9 Å². The molecule has 3 rings (SSSR count). The Bertz CT molecular complexity index is 1070.